The van der Waals surface area contributed by atoms with Gasteiger partial charge in [-0.3, -0.25) is 9.59 Å². The summed E-state index contributed by atoms with van der Waals surface area (Å²) in [6.07, 6.45) is 0.155. The molecular weight excluding hydrogens is 262 g/mol. The van der Waals surface area contributed by atoms with Crippen molar-refractivity contribution in [3.8, 4) is 0 Å². The van der Waals surface area contributed by atoms with Crippen LogP contribution in [0.2, 0.25) is 0 Å². The van der Waals surface area contributed by atoms with Gasteiger partial charge in [0.25, 0.3) is 0 Å². The summed E-state index contributed by atoms with van der Waals surface area (Å²) in [5.41, 5.74) is -0.311. The van der Waals surface area contributed by atoms with Gasteiger partial charge in [0.15, 0.2) is 0 Å². The van der Waals surface area contributed by atoms with E-state index in [9.17, 15) is 14.4 Å². The van der Waals surface area contributed by atoms with Crippen LogP contribution in [0, 0.1) is 0 Å². The zero-order valence-electron chi connectivity index (χ0n) is 12.8. The highest BCUT2D eigenvalue weighted by molar-refractivity contribution is 5.81. The van der Waals surface area contributed by atoms with E-state index in [2.05, 4.69) is 10.6 Å². The van der Waals surface area contributed by atoms with E-state index in [-0.39, 0.29) is 37.0 Å². The quantitative estimate of drug-likeness (QED) is 0.672. The minimum Gasteiger partial charge on any atom is -0.480 e. The molecule has 0 radical (unpaired) electrons. The minimum absolute atomic E-state index is 0.155. The Morgan fingerprint density at radius 1 is 1.20 bits per heavy atom. The Balaban J connectivity index is 4.20. The van der Waals surface area contributed by atoms with Crippen LogP contribution in [0.4, 0.5) is 4.79 Å². The molecule has 7 nitrogen and oxygen atoms in total. The van der Waals surface area contributed by atoms with E-state index in [0.717, 1.165) is 0 Å². The molecule has 0 atom stereocenters. The van der Waals surface area contributed by atoms with Gasteiger partial charge in [0.05, 0.1) is 0 Å². The lowest BCUT2D eigenvalue weighted by atomic mass is 10.1. The predicted octanol–water partition coefficient (Wildman–Crippen LogP) is 0.796. The van der Waals surface area contributed by atoms with Gasteiger partial charge in [0.2, 0.25) is 5.91 Å². The van der Waals surface area contributed by atoms with Crippen LogP contribution in [-0.2, 0) is 9.59 Å². The number of aliphatic carboxylic acids is 1. The molecule has 0 aliphatic carbocycles. The topological polar surface area (TPSA) is 98.7 Å². The summed E-state index contributed by atoms with van der Waals surface area (Å²) in [7, 11) is 0. The Morgan fingerprint density at radius 2 is 1.75 bits per heavy atom. The van der Waals surface area contributed by atoms with Crippen molar-refractivity contribution >= 4 is 17.9 Å². The van der Waals surface area contributed by atoms with Crippen LogP contribution in [-0.4, -0.2) is 52.6 Å². The molecule has 3 N–H and O–H groups in total. The Morgan fingerprint density at radius 3 is 2.15 bits per heavy atom. The van der Waals surface area contributed by atoms with E-state index >= 15 is 0 Å². The Hall–Kier alpha value is -1.79. The molecule has 0 spiro atoms. The molecule has 0 unspecified atom stereocenters. The van der Waals surface area contributed by atoms with Crippen molar-refractivity contribution in [2.24, 2.45) is 0 Å². The van der Waals surface area contributed by atoms with Crippen LogP contribution in [0.3, 0.4) is 0 Å². The average molecular weight is 287 g/mol. The molecule has 0 fully saturated rings. The highest BCUT2D eigenvalue weighted by atomic mass is 16.4. The van der Waals surface area contributed by atoms with Crippen LogP contribution in [0.25, 0.3) is 0 Å². The zero-order chi connectivity index (χ0) is 15.9. The van der Waals surface area contributed by atoms with Crippen molar-refractivity contribution in [1.82, 2.24) is 15.5 Å². The third-order valence-corrected chi connectivity index (χ3v) is 2.33. The lowest BCUT2D eigenvalue weighted by Crippen LogP contribution is -2.47. The normalized spacial score (nSPS) is 11.1. The summed E-state index contributed by atoms with van der Waals surface area (Å²) in [5, 5.41) is 14.1. The van der Waals surface area contributed by atoms with E-state index in [1.165, 1.54) is 4.90 Å². The monoisotopic (exact) mass is 287 g/mol. The molecular formula is C13H25N3O4. The summed E-state index contributed by atoms with van der Waals surface area (Å²) in [4.78, 5) is 35.2. The molecule has 0 heterocycles. The maximum absolute atomic E-state index is 11.8. The standard InChI is InChI=1S/C13H25N3O4/c1-9(2)16(8-11(18)19)12(20)14-7-6-10(17)15-13(3,4)5/h9H,6-8H2,1-5H3,(H,14,20)(H,15,17)(H,18,19). The molecule has 0 saturated carbocycles. The zero-order valence-corrected chi connectivity index (χ0v) is 12.8. The summed E-state index contributed by atoms with van der Waals surface area (Å²) >= 11 is 0. The Labute approximate surface area is 119 Å². The first kappa shape index (κ1) is 18.2. The van der Waals surface area contributed by atoms with Gasteiger partial charge in [-0.2, -0.15) is 0 Å². The lowest BCUT2D eigenvalue weighted by molar-refractivity contribution is -0.138. The smallest absolute Gasteiger partial charge is 0.323 e. The minimum atomic E-state index is -1.07. The van der Waals surface area contributed by atoms with Crippen LogP contribution < -0.4 is 10.6 Å². The molecule has 0 aromatic heterocycles. The van der Waals surface area contributed by atoms with Crippen molar-refractivity contribution < 1.29 is 19.5 Å². The van der Waals surface area contributed by atoms with E-state index in [1.54, 1.807) is 13.8 Å². The summed E-state index contributed by atoms with van der Waals surface area (Å²) in [6, 6.07) is -0.708. The van der Waals surface area contributed by atoms with E-state index in [0.29, 0.717) is 0 Å². The third kappa shape index (κ3) is 8.34. The number of hydrogen-bond acceptors (Lipinski definition) is 3. The molecule has 0 aromatic carbocycles. The van der Waals surface area contributed by atoms with Crippen LogP contribution in [0.5, 0.6) is 0 Å². The van der Waals surface area contributed by atoms with E-state index in [1.807, 2.05) is 20.8 Å². The molecule has 3 amide bonds. The van der Waals surface area contributed by atoms with Gasteiger partial charge in [-0.25, -0.2) is 4.79 Å². The highest BCUT2D eigenvalue weighted by Gasteiger charge is 2.20. The largest absolute Gasteiger partial charge is 0.480 e. The summed E-state index contributed by atoms with van der Waals surface area (Å²) in [5.74, 6) is -1.23. The second-order valence-corrected chi connectivity index (χ2v) is 5.90. The molecule has 0 saturated heterocycles. The first-order valence-corrected chi connectivity index (χ1v) is 6.60. The SMILES string of the molecule is CC(C)N(CC(=O)O)C(=O)NCCC(=O)NC(C)(C)C. The maximum Gasteiger partial charge on any atom is 0.323 e. The highest BCUT2D eigenvalue weighted by Crippen LogP contribution is 2.00. The van der Waals surface area contributed by atoms with E-state index < -0.39 is 12.0 Å². The second kappa shape index (κ2) is 7.72. The predicted molar refractivity (Wildman–Crippen MR) is 75.4 cm³/mol. The second-order valence-electron chi connectivity index (χ2n) is 5.90. The third-order valence-electron chi connectivity index (χ3n) is 2.33. The fraction of sp³-hybridized carbons (Fsp3) is 0.769. The van der Waals surface area contributed by atoms with E-state index in [4.69, 9.17) is 5.11 Å². The molecule has 0 rings (SSSR count). The number of carbonyl (C=O) groups is 3. The van der Waals surface area contributed by atoms with Gasteiger partial charge in [-0.1, -0.05) is 0 Å². The molecule has 0 aromatic rings. The fourth-order valence-corrected chi connectivity index (χ4v) is 1.50. The van der Waals surface area contributed by atoms with Crippen molar-refractivity contribution in [1.29, 1.82) is 0 Å². The number of carboxylic acids is 1. The summed E-state index contributed by atoms with van der Waals surface area (Å²) < 4.78 is 0. The van der Waals surface area contributed by atoms with Crippen molar-refractivity contribution in [2.45, 2.75) is 52.6 Å². The number of amides is 3. The molecule has 20 heavy (non-hydrogen) atoms. The van der Waals surface area contributed by atoms with Crippen molar-refractivity contribution in [3.63, 3.8) is 0 Å². The number of carbonyl (C=O) groups excluding carboxylic acids is 2. The van der Waals surface area contributed by atoms with Gasteiger partial charge in [0.1, 0.15) is 6.54 Å². The van der Waals surface area contributed by atoms with Crippen molar-refractivity contribution in [3.05, 3.63) is 0 Å². The average Bonchev–Trinajstić information content (AvgIpc) is 2.22. The number of rotatable bonds is 6. The number of carboxylic acid groups (broad SMARTS) is 1. The first-order valence-electron chi connectivity index (χ1n) is 6.60. The number of nitrogens with zero attached hydrogens (tertiary/aromatic N) is 1. The van der Waals surface area contributed by atoms with Crippen LogP contribution in [0.1, 0.15) is 41.0 Å². The number of hydrogen-bond donors (Lipinski definition) is 3. The van der Waals surface area contributed by atoms with Crippen LogP contribution >= 0.6 is 0 Å². The summed E-state index contributed by atoms with van der Waals surface area (Å²) in [6.45, 7) is 8.88. The molecule has 0 bridgehead atoms. The van der Waals surface area contributed by atoms with Gasteiger partial charge in [-0.05, 0) is 34.6 Å². The number of urea groups is 1. The maximum atomic E-state index is 11.8. The van der Waals surface area contributed by atoms with Gasteiger partial charge in [0, 0.05) is 24.5 Å². The Bertz CT molecular complexity index is 361. The molecule has 0 aliphatic heterocycles. The first-order chi connectivity index (χ1) is 9.03. The lowest BCUT2D eigenvalue weighted by Gasteiger charge is -2.25. The van der Waals surface area contributed by atoms with Gasteiger partial charge >= 0.3 is 12.0 Å². The molecule has 7 heteroatoms. The Kier molecular flexibility index (Phi) is 7.02. The van der Waals surface area contributed by atoms with Crippen LogP contribution in [0.15, 0.2) is 0 Å². The van der Waals surface area contributed by atoms with Crippen molar-refractivity contribution in [2.75, 3.05) is 13.1 Å². The molecule has 116 valence electrons. The molecule has 0 aliphatic rings. The van der Waals surface area contributed by atoms with Gasteiger partial charge in [-0.15, -0.1) is 0 Å². The number of nitrogens with one attached hydrogen (secondary N) is 2. The van der Waals surface area contributed by atoms with Gasteiger partial charge < -0.3 is 20.6 Å². The fourth-order valence-electron chi connectivity index (χ4n) is 1.50.